The molecule has 1 aliphatic heterocycles. The third-order valence-corrected chi connectivity index (χ3v) is 3.03. The molecule has 2 heterocycles. The number of aromatic nitrogens is 2. The minimum absolute atomic E-state index is 0.627. The Morgan fingerprint density at radius 1 is 1.53 bits per heavy atom. The van der Waals surface area contributed by atoms with Gasteiger partial charge >= 0.3 is 0 Å². The normalized spacial score (nSPS) is 20.9. The van der Waals surface area contributed by atoms with Gasteiger partial charge in [0.25, 0.3) is 0 Å². The molecule has 2 rings (SSSR count). The molecule has 1 aromatic heterocycles. The summed E-state index contributed by atoms with van der Waals surface area (Å²) < 4.78 is 0. The van der Waals surface area contributed by atoms with Gasteiger partial charge in [0, 0.05) is 18.7 Å². The van der Waals surface area contributed by atoms with Crippen LogP contribution < -0.4 is 10.6 Å². The molecular weight excluding hydrogens is 188 g/mol. The fourth-order valence-electron chi connectivity index (χ4n) is 2.16. The van der Waals surface area contributed by atoms with Crippen LogP contribution >= 0.6 is 0 Å². The van der Waals surface area contributed by atoms with Gasteiger partial charge in [-0.1, -0.05) is 13.8 Å². The van der Waals surface area contributed by atoms with Gasteiger partial charge in [-0.15, -0.1) is 0 Å². The summed E-state index contributed by atoms with van der Waals surface area (Å²) in [6.07, 6.45) is 3.70. The smallest absolute Gasteiger partial charge is 0.137 e. The SMILES string of the molecule is CCc1c(N)ncnc1N1CCC(C)C1. The van der Waals surface area contributed by atoms with Gasteiger partial charge < -0.3 is 10.6 Å². The number of nitrogen functional groups attached to an aromatic ring is 1. The van der Waals surface area contributed by atoms with E-state index in [0.717, 1.165) is 36.8 Å². The van der Waals surface area contributed by atoms with E-state index in [4.69, 9.17) is 5.73 Å². The lowest BCUT2D eigenvalue weighted by Crippen LogP contribution is -2.22. The summed E-state index contributed by atoms with van der Waals surface area (Å²) in [4.78, 5) is 10.7. The standard InChI is InChI=1S/C11H18N4/c1-3-9-10(12)13-7-14-11(9)15-5-4-8(2)6-15/h7-8H,3-6H2,1-2H3,(H2,12,13,14). The number of nitrogens with zero attached hydrogens (tertiary/aromatic N) is 3. The zero-order valence-corrected chi connectivity index (χ0v) is 9.40. The zero-order valence-electron chi connectivity index (χ0n) is 9.40. The molecule has 1 aromatic rings. The summed E-state index contributed by atoms with van der Waals surface area (Å²) in [5, 5.41) is 0. The molecule has 0 spiro atoms. The quantitative estimate of drug-likeness (QED) is 0.796. The highest BCUT2D eigenvalue weighted by molar-refractivity contribution is 5.57. The molecule has 1 aliphatic rings. The third kappa shape index (κ3) is 1.89. The maximum absolute atomic E-state index is 5.86. The van der Waals surface area contributed by atoms with Gasteiger partial charge in [0.05, 0.1) is 0 Å². The van der Waals surface area contributed by atoms with Crippen molar-refractivity contribution in [3.63, 3.8) is 0 Å². The summed E-state index contributed by atoms with van der Waals surface area (Å²) >= 11 is 0. The first-order valence-corrected chi connectivity index (χ1v) is 5.56. The van der Waals surface area contributed by atoms with Crippen LogP contribution in [0.5, 0.6) is 0 Å². The fraction of sp³-hybridized carbons (Fsp3) is 0.636. The summed E-state index contributed by atoms with van der Waals surface area (Å²) in [6, 6.07) is 0. The fourth-order valence-corrected chi connectivity index (χ4v) is 2.16. The van der Waals surface area contributed by atoms with Gasteiger partial charge in [-0.25, -0.2) is 9.97 Å². The summed E-state index contributed by atoms with van der Waals surface area (Å²) in [7, 11) is 0. The number of anilines is 2. The first-order chi connectivity index (χ1) is 7.22. The molecule has 4 nitrogen and oxygen atoms in total. The zero-order chi connectivity index (χ0) is 10.8. The second kappa shape index (κ2) is 4.04. The maximum Gasteiger partial charge on any atom is 0.137 e. The Balaban J connectivity index is 2.31. The van der Waals surface area contributed by atoms with Crippen molar-refractivity contribution in [3.05, 3.63) is 11.9 Å². The maximum atomic E-state index is 5.86. The van der Waals surface area contributed by atoms with E-state index in [1.54, 1.807) is 6.33 Å². The Kier molecular flexibility index (Phi) is 2.75. The Morgan fingerprint density at radius 2 is 2.33 bits per heavy atom. The second-order valence-corrected chi connectivity index (χ2v) is 4.25. The largest absolute Gasteiger partial charge is 0.383 e. The molecule has 0 aromatic carbocycles. The van der Waals surface area contributed by atoms with E-state index in [-0.39, 0.29) is 0 Å². The highest BCUT2D eigenvalue weighted by Crippen LogP contribution is 2.27. The second-order valence-electron chi connectivity index (χ2n) is 4.25. The van der Waals surface area contributed by atoms with E-state index in [9.17, 15) is 0 Å². The average Bonchev–Trinajstić information content (AvgIpc) is 2.64. The van der Waals surface area contributed by atoms with Crippen molar-refractivity contribution in [3.8, 4) is 0 Å². The Labute approximate surface area is 90.5 Å². The molecule has 0 radical (unpaired) electrons. The van der Waals surface area contributed by atoms with Crippen molar-refractivity contribution in [2.24, 2.45) is 5.92 Å². The minimum atomic E-state index is 0.627. The summed E-state index contributed by atoms with van der Waals surface area (Å²) in [5.41, 5.74) is 6.95. The number of rotatable bonds is 2. The van der Waals surface area contributed by atoms with Crippen LogP contribution in [0, 0.1) is 5.92 Å². The van der Waals surface area contributed by atoms with E-state index in [2.05, 4.69) is 28.7 Å². The van der Waals surface area contributed by atoms with Gasteiger partial charge in [0.15, 0.2) is 0 Å². The molecule has 2 N–H and O–H groups in total. The van der Waals surface area contributed by atoms with Crippen LogP contribution in [0.15, 0.2) is 6.33 Å². The molecule has 0 saturated carbocycles. The molecule has 0 aliphatic carbocycles. The van der Waals surface area contributed by atoms with Crippen LogP contribution in [0.3, 0.4) is 0 Å². The highest BCUT2D eigenvalue weighted by atomic mass is 15.2. The van der Waals surface area contributed by atoms with E-state index in [1.807, 2.05) is 0 Å². The minimum Gasteiger partial charge on any atom is -0.383 e. The van der Waals surface area contributed by atoms with Crippen LogP contribution in [0.4, 0.5) is 11.6 Å². The van der Waals surface area contributed by atoms with Crippen molar-refractivity contribution < 1.29 is 0 Å². The molecule has 1 saturated heterocycles. The van der Waals surface area contributed by atoms with Crippen molar-refractivity contribution in [1.29, 1.82) is 0 Å². The Hall–Kier alpha value is -1.32. The first-order valence-electron chi connectivity index (χ1n) is 5.56. The van der Waals surface area contributed by atoms with Crippen molar-refractivity contribution in [1.82, 2.24) is 9.97 Å². The molecule has 82 valence electrons. The Bertz CT molecular complexity index is 350. The van der Waals surface area contributed by atoms with E-state index in [0.29, 0.717) is 5.82 Å². The molecule has 0 bridgehead atoms. The number of hydrogen-bond acceptors (Lipinski definition) is 4. The lowest BCUT2D eigenvalue weighted by Gasteiger charge is -2.20. The average molecular weight is 206 g/mol. The van der Waals surface area contributed by atoms with E-state index in [1.165, 1.54) is 6.42 Å². The monoisotopic (exact) mass is 206 g/mol. The van der Waals surface area contributed by atoms with Crippen LogP contribution in [0.25, 0.3) is 0 Å². The topological polar surface area (TPSA) is 55.0 Å². The lowest BCUT2D eigenvalue weighted by molar-refractivity contribution is 0.658. The van der Waals surface area contributed by atoms with Gasteiger partial charge in [0.2, 0.25) is 0 Å². The van der Waals surface area contributed by atoms with Crippen molar-refractivity contribution >= 4 is 11.6 Å². The Morgan fingerprint density at radius 3 is 2.93 bits per heavy atom. The van der Waals surface area contributed by atoms with Crippen LogP contribution in [-0.2, 0) is 6.42 Å². The molecule has 1 unspecified atom stereocenters. The van der Waals surface area contributed by atoms with Gasteiger partial charge in [-0.2, -0.15) is 0 Å². The van der Waals surface area contributed by atoms with Gasteiger partial charge in [-0.05, 0) is 18.8 Å². The lowest BCUT2D eigenvalue weighted by atomic mass is 10.2. The van der Waals surface area contributed by atoms with Crippen LogP contribution in [-0.4, -0.2) is 23.1 Å². The molecular formula is C11H18N4. The predicted octanol–water partition coefficient (Wildman–Crippen LogP) is 1.47. The van der Waals surface area contributed by atoms with E-state index < -0.39 is 0 Å². The number of hydrogen-bond donors (Lipinski definition) is 1. The molecule has 1 atom stereocenters. The highest BCUT2D eigenvalue weighted by Gasteiger charge is 2.22. The summed E-state index contributed by atoms with van der Waals surface area (Å²) in [5.74, 6) is 2.42. The third-order valence-electron chi connectivity index (χ3n) is 3.03. The molecule has 1 fully saturated rings. The van der Waals surface area contributed by atoms with Crippen LogP contribution in [0.2, 0.25) is 0 Å². The van der Waals surface area contributed by atoms with Crippen molar-refractivity contribution in [2.75, 3.05) is 23.7 Å². The van der Waals surface area contributed by atoms with Crippen LogP contribution in [0.1, 0.15) is 25.8 Å². The summed E-state index contributed by atoms with van der Waals surface area (Å²) in [6.45, 7) is 6.54. The number of nitrogens with two attached hydrogens (primary N) is 1. The van der Waals surface area contributed by atoms with Gasteiger partial charge in [-0.3, -0.25) is 0 Å². The first kappa shape index (κ1) is 10.2. The molecule has 15 heavy (non-hydrogen) atoms. The molecule has 4 heteroatoms. The van der Waals surface area contributed by atoms with Gasteiger partial charge in [0.1, 0.15) is 18.0 Å². The molecule has 0 amide bonds. The van der Waals surface area contributed by atoms with E-state index >= 15 is 0 Å². The van der Waals surface area contributed by atoms with Crippen molar-refractivity contribution in [2.45, 2.75) is 26.7 Å². The predicted molar refractivity (Wildman–Crippen MR) is 61.8 cm³/mol.